The molecule has 0 aliphatic carbocycles. The third kappa shape index (κ3) is 1.82. The van der Waals surface area contributed by atoms with Gasteiger partial charge in [0.15, 0.2) is 0 Å². The van der Waals surface area contributed by atoms with Gasteiger partial charge >= 0.3 is 5.63 Å². The molecule has 0 aliphatic rings. The second-order valence-electron chi connectivity index (χ2n) is 4.74. The van der Waals surface area contributed by atoms with Crippen LogP contribution in [0.3, 0.4) is 0 Å². The van der Waals surface area contributed by atoms with Crippen molar-refractivity contribution in [2.24, 2.45) is 0 Å². The molecule has 1 heterocycles. The van der Waals surface area contributed by atoms with Crippen LogP contribution in [0.15, 0.2) is 21.3 Å². The molecule has 17 heavy (non-hydrogen) atoms. The van der Waals surface area contributed by atoms with Gasteiger partial charge in [0.2, 0.25) is 0 Å². The molecule has 1 aromatic carbocycles. The molecule has 0 atom stereocenters. The predicted octanol–water partition coefficient (Wildman–Crippen LogP) is 3.24. The van der Waals surface area contributed by atoms with E-state index in [4.69, 9.17) is 4.42 Å². The van der Waals surface area contributed by atoms with Crippen LogP contribution in [0.25, 0.3) is 11.0 Å². The van der Waals surface area contributed by atoms with Crippen molar-refractivity contribution >= 4 is 11.0 Å². The van der Waals surface area contributed by atoms with E-state index in [2.05, 4.69) is 0 Å². The molecule has 2 aromatic rings. The van der Waals surface area contributed by atoms with Gasteiger partial charge in [0.25, 0.3) is 0 Å². The van der Waals surface area contributed by atoms with E-state index in [1.807, 2.05) is 20.8 Å². The van der Waals surface area contributed by atoms with Crippen molar-refractivity contribution < 1.29 is 9.52 Å². The molecular formula is C14H16O3. The van der Waals surface area contributed by atoms with Crippen LogP contribution in [-0.4, -0.2) is 5.11 Å². The standard InChI is InChI=1S/C14H16O3/c1-7(2)12-10-5-9(4)14(16)17-13(10)8(3)6-11(12)15/h5-7,15H,1-4H3. The van der Waals surface area contributed by atoms with Crippen LogP contribution in [0, 0.1) is 13.8 Å². The minimum atomic E-state index is -0.319. The van der Waals surface area contributed by atoms with E-state index in [-0.39, 0.29) is 17.3 Å². The molecule has 2 rings (SSSR count). The first-order valence-corrected chi connectivity index (χ1v) is 5.68. The Labute approximate surface area is 99.7 Å². The lowest BCUT2D eigenvalue weighted by Crippen LogP contribution is -2.04. The average Bonchev–Trinajstić information content (AvgIpc) is 2.20. The molecule has 0 saturated carbocycles. The Bertz CT molecular complexity index is 636. The van der Waals surface area contributed by atoms with Crippen LogP contribution < -0.4 is 5.63 Å². The number of hydrogen-bond donors (Lipinski definition) is 1. The van der Waals surface area contributed by atoms with E-state index in [1.165, 1.54) is 0 Å². The molecule has 0 radical (unpaired) electrons. The summed E-state index contributed by atoms with van der Waals surface area (Å²) in [4.78, 5) is 11.5. The van der Waals surface area contributed by atoms with E-state index in [0.717, 1.165) is 16.5 Å². The summed E-state index contributed by atoms with van der Waals surface area (Å²) in [7, 11) is 0. The van der Waals surface area contributed by atoms with Gasteiger partial charge in [-0.05, 0) is 37.5 Å². The summed E-state index contributed by atoms with van der Waals surface area (Å²) in [5.74, 6) is 0.434. The van der Waals surface area contributed by atoms with Gasteiger partial charge in [-0.15, -0.1) is 0 Å². The number of phenolic OH excluding ortho intramolecular Hbond substituents is 1. The minimum absolute atomic E-state index is 0.171. The van der Waals surface area contributed by atoms with Crippen molar-refractivity contribution in [3.05, 3.63) is 39.2 Å². The van der Waals surface area contributed by atoms with Crippen LogP contribution in [0.4, 0.5) is 0 Å². The molecule has 0 unspecified atom stereocenters. The summed E-state index contributed by atoms with van der Waals surface area (Å²) in [5.41, 5.74) is 2.42. The summed E-state index contributed by atoms with van der Waals surface area (Å²) in [5, 5.41) is 10.8. The van der Waals surface area contributed by atoms with Crippen LogP contribution in [-0.2, 0) is 0 Å². The molecule has 0 spiro atoms. The summed E-state index contributed by atoms with van der Waals surface area (Å²) in [6.07, 6.45) is 0. The van der Waals surface area contributed by atoms with Gasteiger partial charge < -0.3 is 9.52 Å². The maximum Gasteiger partial charge on any atom is 0.339 e. The van der Waals surface area contributed by atoms with Crippen molar-refractivity contribution in [3.63, 3.8) is 0 Å². The third-order valence-electron chi connectivity index (χ3n) is 2.98. The van der Waals surface area contributed by atoms with Gasteiger partial charge in [-0.25, -0.2) is 4.79 Å². The Morgan fingerprint density at radius 3 is 2.41 bits per heavy atom. The zero-order valence-electron chi connectivity index (χ0n) is 10.5. The van der Waals surface area contributed by atoms with Crippen molar-refractivity contribution in [3.8, 4) is 5.75 Å². The van der Waals surface area contributed by atoms with E-state index in [0.29, 0.717) is 11.1 Å². The lowest BCUT2D eigenvalue weighted by atomic mass is 9.95. The number of fused-ring (bicyclic) bond motifs is 1. The molecule has 3 heteroatoms. The Morgan fingerprint density at radius 2 is 1.82 bits per heavy atom. The number of aryl methyl sites for hydroxylation is 2. The molecule has 3 nitrogen and oxygen atoms in total. The molecule has 0 saturated heterocycles. The second kappa shape index (κ2) is 3.91. The fraction of sp³-hybridized carbons (Fsp3) is 0.357. The molecular weight excluding hydrogens is 216 g/mol. The Kier molecular flexibility index (Phi) is 2.69. The molecule has 0 amide bonds. The van der Waals surface area contributed by atoms with Gasteiger partial charge in [-0.1, -0.05) is 13.8 Å². The van der Waals surface area contributed by atoms with Gasteiger partial charge in [-0.2, -0.15) is 0 Å². The first kappa shape index (κ1) is 11.7. The van der Waals surface area contributed by atoms with Gasteiger partial charge in [0, 0.05) is 16.5 Å². The summed E-state index contributed by atoms with van der Waals surface area (Å²) in [6, 6.07) is 3.44. The lowest BCUT2D eigenvalue weighted by molar-refractivity contribution is 0.464. The predicted molar refractivity (Wildman–Crippen MR) is 67.7 cm³/mol. The fourth-order valence-corrected chi connectivity index (χ4v) is 2.16. The van der Waals surface area contributed by atoms with E-state index >= 15 is 0 Å². The topological polar surface area (TPSA) is 50.4 Å². The van der Waals surface area contributed by atoms with Crippen LogP contribution in [0.5, 0.6) is 5.75 Å². The van der Waals surface area contributed by atoms with E-state index in [9.17, 15) is 9.90 Å². The Hall–Kier alpha value is -1.77. The van der Waals surface area contributed by atoms with Crippen LogP contribution in [0.2, 0.25) is 0 Å². The smallest absolute Gasteiger partial charge is 0.339 e. The number of aromatic hydroxyl groups is 1. The maximum absolute atomic E-state index is 11.5. The van der Waals surface area contributed by atoms with Crippen molar-refractivity contribution in [2.45, 2.75) is 33.6 Å². The monoisotopic (exact) mass is 232 g/mol. The first-order valence-electron chi connectivity index (χ1n) is 5.68. The second-order valence-corrected chi connectivity index (χ2v) is 4.74. The number of hydrogen-bond acceptors (Lipinski definition) is 3. The van der Waals surface area contributed by atoms with Crippen molar-refractivity contribution in [1.29, 1.82) is 0 Å². The highest BCUT2D eigenvalue weighted by Crippen LogP contribution is 2.35. The normalized spacial score (nSPS) is 11.4. The quantitative estimate of drug-likeness (QED) is 0.768. The Balaban J connectivity index is 3.00. The fourth-order valence-electron chi connectivity index (χ4n) is 2.16. The summed E-state index contributed by atoms with van der Waals surface area (Å²) >= 11 is 0. The highest BCUT2D eigenvalue weighted by Gasteiger charge is 2.15. The number of benzene rings is 1. The van der Waals surface area contributed by atoms with E-state index in [1.54, 1.807) is 19.1 Å². The molecule has 1 N–H and O–H groups in total. The van der Waals surface area contributed by atoms with E-state index < -0.39 is 0 Å². The maximum atomic E-state index is 11.5. The molecule has 90 valence electrons. The lowest BCUT2D eigenvalue weighted by Gasteiger charge is -2.13. The summed E-state index contributed by atoms with van der Waals surface area (Å²) < 4.78 is 5.30. The first-order chi connectivity index (χ1) is 7.91. The zero-order chi connectivity index (χ0) is 12.7. The van der Waals surface area contributed by atoms with Crippen molar-refractivity contribution in [1.82, 2.24) is 0 Å². The molecule has 0 aliphatic heterocycles. The molecule has 0 bridgehead atoms. The Morgan fingerprint density at radius 1 is 1.18 bits per heavy atom. The zero-order valence-corrected chi connectivity index (χ0v) is 10.5. The van der Waals surface area contributed by atoms with Gasteiger partial charge in [-0.3, -0.25) is 0 Å². The molecule has 1 aromatic heterocycles. The average molecular weight is 232 g/mol. The highest BCUT2D eigenvalue weighted by molar-refractivity contribution is 5.86. The largest absolute Gasteiger partial charge is 0.508 e. The van der Waals surface area contributed by atoms with Crippen molar-refractivity contribution in [2.75, 3.05) is 0 Å². The van der Waals surface area contributed by atoms with Gasteiger partial charge in [0.1, 0.15) is 11.3 Å². The number of rotatable bonds is 1. The van der Waals surface area contributed by atoms with Crippen LogP contribution in [0.1, 0.15) is 36.5 Å². The SMILES string of the molecule is Cc1cc2c(C(C)C)c(O)cc(C)c2oc1=O. The van der Waals surface area contributed by atoms with Gasteiger partial charge in [0.05, 0.1) is 0 Å². The highest BCUT2D eigenvalue weighted by atomic mass is 16.4. The summed E-state index contributed by atoms with van der Waals surface area (Å²) in [6.45, 7) is 7.55. The molecule has 0 fully saturated rings. The van der Waals surface area contributed by atoms with Crippen LogP contribution >= 0.6 is 0 Å². The third-order valence-corrected chi connectivity index (χ3v) is 2.98. The number of phenols is 1. The minimum Gasteiger partial charge on any atom is -0.508 e.